The summed E-state index contributed by atoms with van der Waals surface area (Å²) in [6, 6.07) is 9.29. The zero-order chi connectivity index (χ0) is 23.3. The number of ether oxygens (including phenoxy) is 2. The molecule has 2 atom stereocenters. The van der Waals surface area contributed by atoms with Crippen molar-refractivity contribution in [3.05, 3.63) is 52.9 Å². The molecule has 0 spiro atoms. The van der Waals surface area contributed by atoms with Gasteiger partial charge in [0.15, 0.2) is 12.2 Å². The van der Waals surface area contributed by atoms with Crippen molar-refractivity contribution >= 4 is 18.2 Å². The third-order valence-corrected chi connectivity index (χ3v) is 5.48. The summed E-state index contributed by atoms with van der Waals surface area (Å²) in [5, 5.41) is 4.15. The van der Waals surface area contributed by atoms with Crippen molar-refractivity contribution in [2.24, 2.45) is 5.92 Å². The number of carbonyl (C=O) groups is 3. The van der Waals surface area contributed by atoms with E-state index in [-0.39, 0.29) is 30.6 Å². The van der Waals surface area contributed by atoms with Gasteiger partial charge < -0.3 is 14.0 Å². The summed E-state index contributed by atoms with van der Waals surface area (Å²) in [7, 11) is 0. The lowest BCUT2D eigenvalue weighted by Gasteiger charge is -2.25. The van der Waals surface area contributed by atoms with Crippen LogP contribution in [0.25, 0.3) is 0 Å². The molecule has 3 rings (SSSR count). The number of nitrogens with zero attached hydrogens (tertiary/aromatic N) is 1. The molecule has 7 heteroatoms. The van der Waals surface area contributed by atoms with E-state index >= 15 is 0 Å². The van der Waals surface area contributed by atoms with Gasteiger partial charge >= 0.3 is 11.9 Å². The molecule has 0 bridgehead atoms. The molecule has 0 aliphatic heterocycles. The molecule has 1 aromatic carbocycles. The van der Waals surface area contributed by atoms with Gasteiger partial charge in [0.1, 0.15) is 12.2 Å². The van der Waals surface area contributed by atoms with Crippen molar-refractivity contribution in [1.29, 1.82) is 0 Å². The van der Waals surface area contributed by atoms with Crippen LogP contribution in [0.5, 0.6) is 0 Å². The lowest BCUT2D eigenvalue weighted by Crippen LogP contribution is -2.34. The highest BCUT2D eigenvalue weighted by Gasteiger charge is 2.39. The maximum absolute atomic E-state index is 13.0. The van der Waals surface area contributed by atoms with Crippen molar-refractivity contribution in [2.45, 2.75) is 77.4 Å². The predicted octanol–water partition coefficient (Wildman–Crippen LogP) is 4.95. The van der Waals surface area contributed by atoms with Crippen LogP contribution in [0.3, 0.4) is 0 Å². The number of rotatable bonds is 10. The maximum Gasteiger partial charge on any atom is 0.320 e. The van der Waals surface area contributed by atoms with Crippen LogP contribution in [0.4, 0.5) is 0 Å². The van der Waals surface area contributed by atoms with E-state index in [0.29, 0.717) is 18.4 Å². The minimum Gasteiger partial charge on any atom is -0.460 e. The quantitative estimate of drug-likeness (QED) is 0.292. The van der Waals surface area contributed by atoms with E-state index in [0.717, 1.165) is 24.0 Å². The van der Waals surface area contributed by atoms with E-state index in [1.807, 2.05) is 37.3 Å². The minimum absolute atomic E-state index is 0.0718. The Morgan fingerprint density at radius 2 is 1.88 bits per heavy atom. The Hall–Kier alpha value is -2.96. The molecule has 0 radical (unpaired) electrons. The second-order valence-corrected chi connectivity index (χ2v) is 9.26. The molecule has 1 saturated carbocycles. The third-order valence-electron chi connectivity index (χ3n) is 5.48. The highest BCUT2D eigenvalue weighted by atomic mass is 16.6. The Balaban J connectivity index is 1.82. The van der Waals surface area contributed by atoms with E-state index in [1.165, 1.54) is 0 Å². The summed E-state index contributed by atoms with van der Waals surface area (Å²) in [6.07, 6.45) is 3.41. The van der Waals surface area contributed by atoms with Gasteiger partial charge in [-0.2, -0.15) is 0 Å². The van der Waals surface area contributed by atoms with E-state index in [4.69, 9.17) is 14.0 Å². The Kier molecular flexibility index (Phi) is 7.48. The zero-order valence-corrected chi connectivity index (χ0v) is 19.1. The van der Waals surface area contributed by atoms with Crippen LogP contribution in [0.15, 0.2) is 34.9 Å². The first-order chi connectivity index (χ1) is 15.2. The van der Waals surface area contributed by atoms with Gasteiger partial charge in [0.05, 0.1) is 5.69 Å². The molecule has 7 nitrogen and oxygen atoms in total. The van der Waals surface area contributed by atoms with Crippen LogP contribution in [0, 0.1) is 5.92 Å². The van der Waals surface area contributed by atoms with Crippen LogP contribution in [-0.2, 0) is 25.7 Å². The molecule has 1 unspecified atom stereocenters. The van der Waals surface area contributed by atoms with E-state index < -0.39 is 23.5 Å². The number of hydrogen-bond acceptors (Lipinski definition) is 7. The minimum atomic E-state index is -1.11. The van der Waals surface area contributed by atoms with Crippen LogP contribution in [0.2, 0.25) is 0 Å². The van der Waals surface area contributed by atoms with Crippen molar-refractivity contribution in [3.63, 3.8) is 0 Å². The molecule has 2 aromatic rings. The monoisotopic (exact) mass is 441 g/mol. The maximum atomic E-state index is 13.0. The molecule has 1 fully saturated rings. The van der Waals surface area contributed by atoms with Crippen molar-refractivity contribution < 1.29 is 28.4 Å². The van der Waals surface area contributed by atoms with Gasteiger partial charge in [-0.25, -0.2) is 0 Å². The average Bonchev–Trinajstić information content (AvgIpc) is 3.51. The fraction of sp³-hybridized carbons (Fsp3) is 0.520. The summed E-state index contributed by atoms with van der Waals surface area (Å²) in [5.74, 6) is -2.12. The normalized spacial score (nSPS) is 15.6. The van der Waals surface area contributed by atoms with Gasteiger partial charge in [0.2, 0.25) is 5.76 Å². The number of aromatic nitrogens is 1. The lowest BCUT2D eigenvalue weighted by molar-refractivity contribution is -0.170. The molecule has 0 saturated heterocycles. The van der Waals surface area contributed by atoms with Gasteiger partial charge in [0.25, 0.3) is 0 Å². The van der Waals surface area contributed by atoms with Gasteiger partial charge in [-0.3, -0.25) is 14.4 Å². The molecular formula is C25H31NO6. The fourth-order valence-electron chi connectivity index (χ4n) is 3.73. The summed E-state index contributed by atoms with van der Waals surface area (Å²) in [5.41, 5.74) is 1.56. The van der Waals surface area contributed by atoms with E-state index in [9.17, 15) is 14.4 Å². The predicted molar refractivity (Wildman–Crippen MR) is 117 cm³/mol. The Labute approximate surface area is 188 Å². The first kappa shape index (κ1) is 23.7. The van der Waals surface area contributed by atoms with Gasteiger partial charge in [-0.05, 0) is 57.9 Å². The van der Waals surface area contributed by atoms with Gasteiger partial charge in [0, 0.05) is 11.5 Å². The number of aldehydes is 1. The summed E-state index contributed by atoms with van der Waals surface area (Å²) >= 11 is 0. The second kappa shape index (κ2) is 10.1. The topological polar surface area (TPSA) is 95.7 Å². The SMILES string of the molecule is CCC(C[C@H](C(=O)OCc1ccccc1)C(=O)OC(C)(C)C)c1noc(C=O)c1C1CC1. The van der Waals surface area contributed by atoms with Crippen molar-refractivity contribution in [2.75, 3.05) is 0 Å². The summed E-state index contributed by atoms with van der Waals surface area (Å²) < 4.78 is 16.3. The summed E-state index contributed by atoms with van der Waals surface area (Å²) in [4.78, 5) is 37.4. The highest BCUT2D eigenvalue weighted by molar-refractivity contribution is 5.95. The number of carbonyl (C=O) groups excluding carboxylic acids is 3. The third kappa shape index (κ3) is 6.05. The Morgan fingerprint density at radius 1 is 1.19 bits per heavy atom. The molecule has 1 heterocycles. The molecule has 0 amide bonds. The first-order valence-corrected chi connectivity index (χ1v) is 11.1. The molecule has 1 aliphatic rings. The fourth-order valence-corrected chi connectivity index (χ4v) is 3.73. The van der Waals surface area contributed by atoms with E-state index in [2.05, 4.69) is 5.16 Å². The standard InChI is InChI=1S/C25H31NO6/c1-5-17(22-21(18-11-12-18)20(14-27)32-26-22)13-19(24(29)31-25(2,3)4)23(28)30-15-16-9-7-6-8-10-16/h6-10,14,17-19H,5,11-13,15H2,1-4H3/t17?,19-/m1/s1. The number of benzene rings is 1. The Morgan fingerprint density at radius 3 is 2.44 bits per heavy atom. The summed E-state index contributed by atoms with van der Waals surface area (Å²) in [6.45, 7) is 7.30. The smallest absolute Gasteiger partial charge is 0.320 e. The van der Waals surface area contributed by atoms with Crippen LogP contribution in [0.1, 0.15) is 92.6 Å². The molecule has 0 N–H and O–H groups in total. The molecular weight excluding hydrogens is 410 g/mol. The second-order valence-electron chi connectivity index (χ2n) is 9.26. The lowest BCUT2D eigenvalue weighted by atomic mass is 9.87. The van der Waals surface area contributed by atoms with Crippen molar-refractivity contribution in [3.8, 4) is 0 Å². The number of hydrogen-bond donors (Lipinski definition) is 0. The molecule has 1 aliphatic carbocycles. The van der Waals surface area contributed by atoms with Gasteiger partial charge in [-0.1, -0.05) is 42.4 Å². The van der Waals surface area contributed by atoms with Gasteiger partial charge in [-0.15, -0.1) is 0 Å². The van der Waals surface area contributed by atoms with Crippen LogP contribution < -0.4 is 0 Å². The Bertz CT molecular complexity index is 939. The van der Waals surface area contributed by atoms with Crippen LogP contribution in [-0.4, -0.2) is 29.0 Å². The molecule has 1 aromatic heterocycles. The zero-order valence-electron chi connectivity index (χ0n) is 19.1. The van der Waals surface area contributed by atoms with Crippen molar-refractivity contribution in [1.82, 2.24) is 5.16 Å². The highest BCUT2D eigenvalue weighted by Crippen LogP contribution is 2.46. The first-order valence-electron chi connectivity index (χ1n) is 11.1. The van der Waals surface area contributed by atoms with Crippen LogP contribution >= 0.6 is 0 Å². The molecule has 32 heavy (non-hydrogen) atoms. The largest absolute Gasteiger partial charge is 0.460 e. The van der Waals surface area contributed by atoms with E-state index in [1.54, 1.807) is 20.8 Å². The number of esters is 2. The average molecular weight is 442 g/mol. The molecule has 172 valence electrons.